The van der Waals surface area contributed by atoms with Gasteiger partial charge >= 0.3 is 0 Å². The maximum Gasteiger partial charge on any atom is 0.0981 e. The van der Waals surface area contributed by atoms with Crippen LogP contribution in [0.5, 0.6) is 0 Å². The van der Waals surface area contributed by atoms with Gasteiger partial charge in [0.25, 0.3) is 0 Å². The largest absolute Gasteiger partial charge is 0.394 e. The molecule has 0 bridgehead atoms. The van der Waals surface area contributed by atoms with Gasteiger partial charge in [-0.05, 0) is 37.6 Å². The van der Waals surface area contributed by atoms with E-state index < -0.39 is 0 Å². The number of morpholine rings is 1. The molecule has 4 nitrogen and oxygen atoms in total. The Morgan fingerprint density at radius 2 is 2.29 bits per heavy atom. The number of hydrogen-bond donors (Lipinski definition) is 2. The third kappa shape index (κ3) is 4.33. The van der Waals surface area contributed by atoms with Crippen LogP contribution in [0.1, 0.15) is 25.8 Å². The maximum atomic E-state index is 9.28. The molecule has 0 amide bonds. The van der Waals surface area contributed by atoms with E-state index in [-0.39, 0.29) is 18.8 Å². The van der Waals surface area contributed by atoms with E-state index in [1.807, 2.05) is 6.07 Å². The smallest absolute Gasteiger partial charge is 0.0981 e. The van der Waals surface area contributed by atoms with E-state index in [0.717, 1.165) is 30.2 Å². The van der Waals surface area contributed by atoms with Crippen LogP contribution in [0.25, 0.3) is 0 Å². The van der Waals surface area contributed by atoms with E-state index in [1.165, 1.54) is 5.56 Å². The standard InChI is InChI=1S/C16H25ClN2O2/c1-3-6-18-8-13-4-5-16(15(17)7-13)19-9-14(10-20)21-11-12(19)2/h4-5,7,12,14,18,20H,3,6,8-11H2,1-2H3. The van der Waals surface area contributed by atoms with Gasteiger partial charge in [0.15, 0.2) is 0 Å². The van der Waals surface area contributed by atoms with Crippen molar-refractivity contribution in [3.8, 4) is 0 Å². The van der Waals surface area contributed by atoms with Crippen molar-refractivity contribution in [1.82, 2.24) is 5.32 Å². The zero-order valence-corrected chi connectivity index (χ0v) is 13.6. The fourth-order valence-electron chi connectivity index (χ4n) is 2.57. The van der Waals surface area contributed by atoms with Crippen LogP contribution < -0.4 is 10.2 Å². The van der Waals surface area contributed by atoms with Gasteiger partial charge in [-0.3, -0.25) is 0 Å². The summed E-state index contributed by atoms with van der Waals surface area (Å²) in [6, 6.07) is 6.46. The van der Waals surface area contributed by atoms with Crippen molar-refractivity contribution in [3.63, 3.8) is 0 Å². The van der Waals surface area contributed by atoms with Crippen LogP contribution in [0.4, 0.5) is 5.69 Å². The Morgan fingerprint density at radius 3 is 2.95 bits per heavy atom. The molecule has 2 N–H and O–H groups in total. The molecule has 1 aliphatic heterocycles. The zero-order chi connectivity index (χ0) is 15.2. The highest BCUT2D eigenvalue weighted by Crippen LogP contribution is 2.30. The van der Waals surface area contributed by atoms with Crippen LogP contribution in [-0.2, 0) is 11.3 Å². The van der Waals surface area contributed by atoms with Gasteiger partial charge in [-0.25, -0.2) is 0 Å². The van der Waals surface area contributed by atoms with E-state index in [0.29, 0.717) is 13.2 Å². The highest BCUT2D eigenvalue weighted by Gasteiger charge is 2.27. The van der Waals surface area contributed by atoms with Crippen LogP contribution in [0.15, 0.2) is 18.2 Å². The summed E-state index contributed by atoms with van der Waals surface area (Å²) in [6.45, 7) is 7.44. The Kier molecular flexibility index (Phi) is 6.30. The van der Waals surface area contributed by atoms with Gasteiger partial charge in [0.05, 0.1) is 30.0 Å². The lowest BCUT2D eigenvalue weighted by molar-refractivity contribution is -0.0103. The molecule has 0 aliphatic carbocycles. The zero-order valence-electron chi connectivity index (χ0n) is 12.8. The molecule has 5 heteroatoms. The van der Waals surface area contributed by atoms with Gasteiger partial charge in [0, 0.05) is 19.1 Å². The lowest BCUT2D eigenvalue weighted by atomic mass is 10.1. The Bertz CT molecular complexity index is 456. The van der Waals surface area contributed by atoms with Crippen molar-refractivity contribution in [1.29, 1.82) is 0 Å². The first-order chi connectivity index (χ1) is 10.2. The van der Waals surface area contributed by atoms with Crippen LogP contribution in [0.2, 0.25) is 5.02 Å². The van der Waals surface area contributed by atoms with Gasteiger partial charge in [-0.15, -0.1) is 0 Å². The Labute approximate surface area is 132 Å². The maximum absolute atomic E-state index is 9.28. The number of nitrogens with zero attached hydrogens (tertiary/aromatic N) is 1. The van der Waals surface area contributed by atoms with Crippen molar-refractivity contribution >= 4 is 17.3 Å². The first-order valence-corrected chi connectivity index (χ1v) is 8.01. The number of rotatable bonds is 6. The van der Waals surface area contributed by atoms with Crippen molar-refractivity contribution in [2.75, 3.05) is 31.2 Å². The van der Waals surface area contributed by atoms with Gasteiger partial charge in [-0.1, -0.05) is 24.6 Å². The van der Waals surface area contributed by atoms with Crippen molar-refractivity contribution in [2.45, 2.75) is 39.0 Å². The lowest BCUT2D eigenvalue weighted by Crippen LogP contribution is -2.49. The number of hydrogen-bond acceptors (Lipinski definition) is 4. The number of aliphatic hydroxyl groups excluding tert-OH is 1. The molecule has 0 spiro atoms. The molecule has 118 valence electrons. The molecule has 0 aromatic heterocycles. The van der Waals surface area contributed by atoms with Crippen LogP contribution >= 0.6 is 11.6 Å². The quantitative estimate of drug-likeness (QED) is 0.792. The number of halogens is 1. The molecule has 1 saturated heterocycles. The molecular formula is C16H25ClN2O2. The number of aliphatic hydroxyl groups is 1. The summed E-state index contributed by atoms with van der Waals surface area (Å²) >= 11 is 6.46. The van der Waals surface area contributed by atoms with Crippen LogP contribution in [0, 0.1) is 0 Å². The molecule has 2 unspecified atom stereocenters. The van der Waals surface area contributed by atoms with Gasteiger partial charge in [0.2, 0.25) is 0 Å². The number of nitrogens with one attached hydrogen (secondary N) is 1. The molecule has 0 radical (unpaired) electrons. The second-order valence-electron chi connectivity index (χ2n) is 5.60. The summed E-state index contributed by atoms with van der Waals surface area (Å²) in [6.07, 6.45) is 0.989. The third-order valence-electron chi connectivity index (χ3n) is 3.79. The van der Waals surface area contributed by atoms with Crippen molar-refractivity contribution in [2.24, 2.45) is 0 Å². The summed E-state index contributed by atoms with van der Waals surface area (Å²) in [5.41, 5.74) is 2.21. The SMILES string of the molecule is CCCNCc1ccc(N2CC(CO)OCC2C)c(Cl)c1. The Hall–Kier alpha value is -0.810. The third-order valence-corrected chi connectivity index (χ3v) is 4.09. The topological polar surface area (TPSA) is 44.7 Å². The summed E-state index contributed by atoms with van der Waals surface area (Å²) in [7, 11) is 0. The monoisotopic (exact) mass is 312 g/mol. The normalized spacial score (nSPS) is 22.6. The number of ether oxygens (including phenoxy) is 1. The first kappa shape index (κ1) is 16.6. The van der Waals surface area contributed by atoms with Crippen molar-refractivity contribution < 1.29 is 9.84 Å². The summed E-state index contributed by atoms with van der Waals surface area (Å²) in [5, 5.41) is 13.4. The summed E-state index contributed by atoms with van der Waals surface area (Å²) in [4.78, 5) is 2.22. The molecular weight excluding hydrogens is 288 g/mol. The van der Waals surface area contributed by atoms with E-state index in [9.17, 15) is 5.11 Å². The number of anilines is 1. The van der Waals surface area contributed by atoms with Crippen LogP contribution in [0.3, 0.4) is 0 Å². The van der Waals surface area contributed by atoms with Gasteiger partial charge in [0.1, 0.15) is 0 Å². The molecule has 1 aromatic carbocycles. The Balaban J connectivity index is 2.08. The fourth-order valence-corrected chi connectivity index (χ4v) is 2.88. The van der Waals surface area contributed by atoms with E-state index in [4.69, 9.17) is 16.3 Å². The average molecular weight is 313 g/mol. The second kappa shape index (κ2) is 7.99. The highest BCUT2D eigenvalue weighted by molar-refractivity contribution is 6.33. The molecule has 0 saturated carbocycles. The molecule has 1 aliphatic rings. The summed E-state index contributed by atoms with van der Waals surface area (Å²) < 4.78 is 5.58. The predicted molar refractivity (Wildman–Crippen MR) is 87.1 cm³/mol. The first-order valence-electron chi connectivity index (χ1n) is 7.64. The van der Waals surface area contributed by atoms with E-state index >= 15 is 0 Å². The van der Waals surface area contributed by atoms with E-state index in [1.54, 1.807) is 0 Å². The molecule has 1 aromatic rings. The minimum absolute atomic E-state index is 0.0415. The second-order valence-corrected chi connectivity index (χ2v) is 6.01. The minimum Gasteiger partial charge on any atom is -0.394 e. The highest BCUT2D eigenvalue weighted by atomic mass is 35.5. The molecule has 1 heterocycles. The van der Waals surface area contributed by atoms with Crippen LogP contribution in [-0.4, -0.2) is 43.6 Å². The van der Waals surface area contributed by atoms with Crippen molar-refractivity contribution in [3.05, 3.63) is 28.8 Å². The number of benzene rings is 1. The average Bonchev–Trinajstić information content (AvgIpc) is 2.49. The van der Waals surface area contributed by atoms with Gasteiger partial charge in [-0.2, -0.15) is 0 Å². The minimum atomic E-state index is -0.136. The molecule has 2 atom stereocenters. The van der Waals surface area contributed by atoms with Gasteiger partial charge < -0.3 is 20.1 Å². The van der Waals surface area contributed by atoms with E-state index in [2.05, 4.69) is 36.2 Å². The lowest BCUT2D eigenvalue weighted by Gasteiger charge is -2.39. The fraction of sp³-hybridized carbons (Fsp3) is 0.625. The molecule has 2 rings (SSSR count). The molecule has 1 fully saturated rings. The summed E-state index contributed by atoms with van der Waals surface area (Å²) in [5.74, 6) is 0. The Morgan fingerprint density at radius 1 is 1.48 bits per heavy atom. The predicted octanol–water partition coefficient (Wildman–Crippen LogP) is 2.43. The molecule has 21 heavy (non-hydrogen) atoms.